The third kappa shape index (κ3) is 3.07. The highest BCUT2D eigenvalue weighted by atomic mass is 15.2. The van der Waals surface area contributed by atoms with Crippen molar-refractivity contribution in [1.82, 2.24) is 9.47 Å². The van der Waals surface area contributed by atoms with Crippen molar-refractivity contribution >= 4 is 22.3 Å². The van der Waals surface area contributed by atoms with Crippen LogP contribution < -0.4 is 10.2 Å². The van der Waals surface area contributed by atoms with Crippen LogP contribution in [0.2, 0.25) is 0 Å². The minimum Gasteiger partial charge on any atom is -0.380 e. The van der Waals surface area contributed by atoms with Crippen LogP contribution in [0.15, 0.2) is 24.4 Å². The summed E-state index contributed by atoms with van der Waals surface area (Å²) in [4.78, 5) is 4.92. The van der Waals surface area contributed by atoms with Crippen LogP contribution >= 0.6 is 0 Å². The molecule has 1 aromatic heterocycles. The summed E-state index contributed by atoms with van der Waals surface area (Å²) in [5, 5.41) is 4.98. The van der Waals surface area contributed by atoms with Crippen LogP contribution in [0.25, 0.3) is 10.9 Å². The highest BCUT2D eigenvalue weighted by Crippen LogP contribution is 2.33. The van der Waals surface area contributed by atoms with Gasteiger partial charge in [0, 0.05) is 61.7 Å². The minimum absolute atomic E-state index is 0.0677. The minimum atomic E-state index is 0.0677. The molecule has 0 radical (unpaired) electrons. The summed E-state index contributed by atoms with van der Waals surface area (Å²) in [6, 6.07) is 6.82. The molecule has 0 atom stereocenters. The summed E-state index contributed by atoms with van der Waals surface area (Å²) in [6.45, 7) is 11.1. The lowest BCUT2D eigenvalue weighted by atomic mass is 10.1. The van der Waals surface area contributed by atoms with Gasteiger partial charge in [-0.15, -0.1) is 0 Å². The Hall–Kier alpha value is -1.68. The van der Waals surface area contributed by atoms with E-state index in [-0.39, 0.29) is 5.54 Å². The maximum absolute atomic E-state index is 3.63. The van der Waals surface area contributed by atoms with Crippen LogP contribution in [-0.4, -0.2) is 48.2 Å². The van der Waals surface area contributed by atoms with Crippen LogP contribution in [0.4, 0.5) is 11.4 Å². The molecule has 0 saturated carbocycles. The Bertz CT molecular complexity index is 658. The molecule has 0 bridgehead atoms. The summed E-state index contributed by atoms with van der Waals surface area (Å²) in [6.07, 6.45) is 2.16. The van der Waals surface area contributed by atoms with E-state index in [1.165, 1.54) is 22.3 Å². The molecule has 120 valence electrons. The first-order valence-electron chi connectivity index (χ1n) is 8.14. The Kier molecular flexibility index (Phi) is 3.81. The number of fused-ring (bicyclic) bond motifs is 1. The van der Waals surface area contributed by atoms with Crippen LogP contribution in [0.3, 0.4) is 0 Å². The molecule has 1 N–H and O–H groups in total. The highest BCUT2D eigenvalue weighted by molar-refractivity contribution is 5.96. The van der Waals surface area contributed by atoms with Crippen molar-refractivity contribution in [3.63, 3.8) is 0 Å². The predicted octanol–water partition coefficient (Wildman–Crippen LogP) is 3.14. The van der Waals surface area contributed by atoms with E-state index < -0.39 is 0 Å². The molecule has 0 aliphatic carbocycles. The van der Waals surface area contributed by atoms with E-state index in [9.17, 15) is 0 Å². The van der Waals surface area contributed by atoms with Gasteiger partial charge in [0.05, 0.1) is 5.52 Å². The fourth-order valence-electron chi connectivity index (χ4n) is 3.17. The van der Waals surface area contributed by atoms with Gasteiger partial charge in [-0.1, -0.05) is 0 Å². The van der Waals surface area contributed by atoms with Gasteiger partial charge < -0.3 is 19.7 Å². The van der Waals surface area contributed by atoms with Crippen molar-refractivity contribution in [2.45, 2.75) is 26.3 Å². The number of anilines is 2. The SMILES string of the molecule is CN1CCN(c2cc(NC(C)(C)C)cc3c2ccn3C)CC1. The first kappa shape index (κ1) is 15.2. The van der Waals surface area contributed by atoms with Crippen molar-refractivity contribution in [2.24, 2.45) is 7.05 Å². The molecule has 0 spiro atoms. The van der Waals surface area contributed by atoms with Gasteiger partial charge >= 0.3 is 0 Å². The van der Waals surface area contributed by atoms with Gasteiger partial charge in [-0.3, -0.25) is 0 Å². The van der Waals surface area contributed by atoms with Gasteiger partial charge in [-0.25, -0.2) is 0 Å². The van der Waals surface area contributed by atoms with Gasteiger partial charge in [0.1, 0.15) is 0 Å². The van der Waals surface area contributed by atoms with Crippen LogP contribution in [0.5, 0.6) is 0 Å². The molecule has 3 rings (SSSR count). The molecule has 1 saturated heterocycles. The van der Waals surface area contributed by atoms with Crippen molar-refractivity contribution in [1.29, 1.82) is 0 Å². The summed E-state index contributed by atoms with van der Waals surface area (Å²) in [5.41, 5.74) is 3.93. The van der Waals surface area contributed by atoms with Gasteiger partial charge in [0.25, 0.3) is 0 Å². The lowest BCUT2D eigenvalue weighted by Crippen LogP contribution is -2.44. The molecule has 22 heavy (non-hydrogen) atoms. The Morgan fingerprint density at radius 3 is 2.32 bits per heavy atom. The third-order valence-corrected chi connectivity index (χ3v) is 4.34. The molecule has 2 aromatic rings. The normalized spacial score (nSPS) is 17.2. The Morgan fingerprint density at radius 2 is 1.68 bits per heavy atom. The van der Waals surface area contributed by atoms with Crippen molar-refractivity contribution < 1.29 is 0 Å². The summed E-state index contributed by atoms with van der Waals surface area (Å²) < 4.78 is 2.21. The maximum Gasteiger partial charge on any atom is 0.0519 e. The van der Waals surface area contributed by atoms with Crippen molar-refractivity contribution in [3.05, 3.63) is 24.4 Å². The summed E-state index contributed by atoms with van der Waals surface area (Å²) >= 11 is 0. The number of nitrogens with one attached hydrogen (secondary N) is 1. The first-order valence-corrected chi connectivity index (χ1v) is 8.14. The average Bonchev–Trinajstić information content (AvgIpc) is 2.79. The van der Waals surface area contributed by atoms with E-state index in [1.54, 1.807) is 0 Å². The van der Waals surface area contributed by atoms with E-state index in [4.69, 9.17) is 0 Å². The van der Waals surface area contributed by atoms with Crippen LogP contribution in [-0.2, 0) is 7.05 Å². The zero-order valence-electron chi connectivity index (χ0n) is 14.5. The number of rotatable bonds is 2. The fourth-order valence-corrected chi connectivity index (χ4v) is 3.17. The molecule has 0 amide bonds. The topological polar surface area (TPSA) is 23.4 Å². The zero-order valence-corrected chi connectivity index (χ0v) is 14.5. The molecule has 4 heteroatoms. The second kappa shape index (κ2) is 5.51. The number of likely N-dealkylation sites (N-methyl/N-ethyl adjacent to an activating group) is 1. The molecular formula is C18H28N4. The molecule has 1 aliphatic heterocycles. The Morgan fingerprint density at radius 1 is 1.00 bits per heavy atom. The fraction of sp³-hybridized carbons (Fsp3) is 0.556. The van der Waals surface area contributed by atoms with Crippen LogP contribution in [0, 0.1) is 0 Å². The number of piperazine rings is 1. The number of hydrogen-bond acceptors (Lipinski definition) is 3. The van der Waals surface area contributed by atoms with Gasteiger partial charge in [0.15, 0.2) is 0 Å². The number of hydrogen-bond donors (Lipinski definition) is 1. The number of aromatic nitrogens is 1. The van der Waals surface area contributed by atoms with E-state index in [0.29, 0.717) is 0 Å². The third-order valence-electron chi connectivity index (χ3n) is 4.34. The maximum atomic E-state index is 3.63. The van der Waals surface area contributed by atoms with E-state index in [0.717, 1.165) is 26.2 Å². The highest BCUT2D eigenvalue weighted by Gasteiger charge is 2.19. The monoisotopic (exact) mass is 300 g/mol. The van der Waals surface area contributed by atoms with Gasteiger partial charge in [0.2, 0.25) is 0 Å². The summed E-state index contributed by atoms with van der Waals surface area (Å²) in [7, 11) is 4.32. The van der Waals surface area contributed by atoms with Crippen LogP contribution in [0.1, 0.15) is 20.8 Å². The molecule has 1 aliphatic rings. The second-order valence-corrected chi connectivity index (χ2v) is 7.52. The first-order chi connectivity index (χ1) is 10.3. The average molecular weight is 300 g/mol. The van der Waals surface area contributed by atoms with E-state index in [2.05, 4.69) is 78.9 Å². The predicted molar refractivity (Wildman–Crippen MR) is 96.0 cm³/mol. The Labute approximate surface area is 133 Å². The number of nitrogens with zero attached hydrogens (tertiary/aromatic N) is 3. The molecule has 1 fully saturated rings. The zero-order chi connectivity index (χ0) is 15.9. The van der Waals surface area contributed by atoms with E-state index >= 15 is 0 Å². The standard InChI is InChI=1S/C18H28N4/c1-18(2,3)19-14-12-16-15(6-7-21(16)5)17(13-14)22-10-8-20(4)9-11-22/h6-7,12-13,19H,8-11H2,1-5H3. The molecule has 1 aromatic carbocycles. The van der Waals surface area contributed by atoms with Gasteiger partial charge in [-0.05, 0) is 46.0 Å². The molecule has 4 nitrogen and oxygen atoms in total. The second-order valence-electron chi connectivity index (χ2n) is 7.52. The molecule has 0 unspecified atom stereocenters. The summed E-state index contributed by atoms with van der Waals surface area (Å²) in [5.74, 6) is 0. The van der Waals surface area contributed by atoms with Gasteiger partial charge in [-0.2, -0.15) is 0 Å². The van der Waals surface area contributed by atoms with E-state index in [1.807, 2.05) is 0 Å². The smallest absolute Gasteiger partial charge is 0.0519 e. The van der Waals surface area contributed by atoms with Crippen molar-refractivity contribution in [2.75, 3.05) is 43.4 Å². The lowest BCUT2D eigenvalue weighted by molar-refractivity contribution is 0.313. The molecular weight excluding hydrogens is 272 g/mol. The lowest BCUT2D eigenvalue weighted by Gasteiger charge is -2.35. The Balaban J connectivity index is 2.03. The number of benzene rings is 1. The molecule has 2 heterocycles. The number of aryl methyl sites for hydroxylation is 1. The quantitative estimate of drug-likeness (QED) is 0.921. The largest absolute Gasteiger partial charge is 0.380 e. The van der Waals surface area contributed by atoms with Crippen molar-refractivity contribution in [3.8, 4) is 0 Å².